The summed E-state index contributed by atoms with van der Waals surface area (Å²) in [6.07, 6.45) is 0. The molecular weight excluding hydrogens is 448 g/mol. The van der Waals surface area contributed by atoms with Crippen LogP contribution in [-0.4, -0.2) is 14.2 Å². The van der Waals surface area contributed by atoms with Gasteiger partial charge in [0.05, 0.1) is 24.0 Å². The number of ether oxygens (including phenoxy) is 2. The first-order chi connectivity index (χ1) is 10.7. The highest BCUT2D eigenvalue weighted by Gasteiger charge is 2.18. The van der Waals surface area contributed by atoms with Crippen molar-refractivity contribution < 1.29 is 9.47 Å². The molecule has 0 aliphatic heterocycles. The van der Waals surface area contributed by atoms with Gasteiger partial charge in [0.1, 0.15) is 11.5 Å². The third kappa shape index (κ3) is 2.85. The van der Waals surface area contributed by atoms with E-state index in [0.717, 1.165) is 41.3 Å². The number of halogens is 2. The third-order valence-corrected chi connectivity index (χ3v) is 6.99. The maximum absolute atomic E-state index is 5.62. The molecular formula is C16H12Br2O2S2. The van der Waals surface area contributed by atoms with Crippen molar-refractivity contribution in [2.45, 2.75) is 0 Å². The van der Waals surface area contributed by atoms with Crippen molar-refractivity contribution in [3.05, 3.63) is 44.0 Å². The smallest absolute Gasteiger partial charge is 0.128 e. The minimum absolute atomic E-state index is 0.833. The van der Waals surface area contributed by atoms with Crippen LogP contribution >= 0.6 is 54.5 Å². The Kier molecular flexibility index (Phi) is 4.92. The molecule has 0 bridgehead atoms. The molecule has 0 aliphatic rings. The second-order valence-corrected chi connectivity index (χ2v) is 7.99. The summed E-state index contributed by atoms with van der Waals surface area (Å²) in [7, 11) is 3.39. The zero-order valence-corrected chi connectivity index (χ0v) is 16.7. The lowest BCUT2D eigenvalue weighted by molar-refractivity contribution is 0.406. The van der Waals surface area contributed by atoms with Crippen LogP contribution in [-0.2, 0) is 0 Å². The van der Waals surface area contributed by atoms with Crippen molar-refractivity contribution in [3.8, 4) is 32.4 Å². The SMILES string of the molecule is COc1cc(-c2sccc2Br)c(OC)cc1-c1sccc1Br. The van der Waals surface area contributed by atoms with E-state index in [1.807, 2.05) is 24.3 Å². The Morgan fingerprint density at radius 1 is 0.773 bits per heavy atom. The van der Waals surface area contributed by atoms with Crippen LogP contribution in [0, 0.1) is 0 Å². The average Bonchev–Trinajstić information content (AvgIpc) is 3.14. The first-order valence-electron chi connectivity index (χ1n) is 6.38. The van der Waals surface area contributed by atoms with Gasteiger partial charge in [-0.15, -0.1) is 22.7 Å². The molecule has 0 fully saturated rings. The fourth-order valence-corrected chi connectivity index (χ4v) is 5.44. The van der Waals surface area contributed by atoms with Crippen LogP contribution in [0.15, 0.2) is 44.0 Å². The first-order valence-corrected chi connectivity index (χ1v) is 9.73. The number of methoxy groups -OCH3 is 2. The summed E-state index contributed by atoms with van der Waals surface area (Å²) < 4.78 is 13.4. The molecule has 0 saturated heterocycles. The van der Waals surface area contributed by atoms with E-state index in [9.17, 15) is 0 Å². The summed E-state index contributed by atoms with van der Waals surface area (Å²) >= 11 is 10.5. The van der Waals surface area contributed by atoms with Gasteiger partial charge in [-0.05, 0) is 66.9 Å². The van der Waals surface area contributed by atoms with Gasteiger partial charge < -0.3 is 9.47 Å². The normalized spacial score (nSPS) is 10.7. The Morgan fingerprint density at radius 3 is 1.45 bits per heavy atom. The van der Waals surface area contributed by atoms with Crippen LogP contribution in [0.2, 0.25) is 0 Å². The maximum atomic E-state index is 5.62. The fourth-order valence-electron chi connectivity index (χ4n) is 2.22. The summed E-state index contributed by atoms with van der Waals surface area (Å²) in [4.78, 5) is 2.26. The van der Waals surface area contributed by atoms with E-state index in [1.165, 1.54) is 0 Å². The molecule has 0 unspecified atom stereocenters. The maximum Gasteiger partial charge on any atom is 0.128 e. The van der Waals surface area contributed by atoms with Crippen LogP contribution in [0.5, 0.6) is 11.5 Å². The van der Waals surface area contributed by atoms with E-state index in [0.29, 0.717) is 0 Å². The highest BCUT2D eigenvalue weighted by Crippen LogP contribution is 2.47. The van der Waals surface area contributed by atoms with E-state index >= 15 is 0 Å². The van der Waals surface area contributed by atoms with Gasteiger partial charge in [-0.25, -0.2) is 0 Å². The Labute approximate surface area is 154 Å². The van der Waals surface area contributed by atoms with E-state index in [1.54, 1.807) is 36.9 Å². The van der Waals surface area contributed by atoms with Crippen molar-refractivity contribution >= 4 is 54.5 Å². The molecule has 114 valence electrons. The Hall–Kier alpha value is -0.820. The van der Waals surface area contributed by atoms with Gasteiger partial charge in [0.15, 0.2) is 0 Å². The molecule has 0 aliphatic carbocycles. The molecule has 0 spiro atoms. The predicted octanol–water partition coefficient (Wildman–Crippen LogP) is 6.69. The monoisotopic (exact) mass is 458 g/mol. The number of benzene rings is 1. The molecule has 3 rings (SSSR count). The van der Waals surface area contributed by atoms with Crippen LogP contribution in [0.25, 0.3) is 20.9 Å². The lowest BCUT2D eigenvalue weighted by atomic mass is 10.1. The summed E-state index contributed by atoms with van der Waals surface area (Å²) in [6, 6.07) is 8.15. The largest absolute Gasteiger partial charge is 0.496 e. The highest BCUT2D eigenvalue weighted by molar-refractivity contribution is 9.11. The van der Waals surface area contributed by atoms with Crippen molar-refractivity contribution in [1.29, 1.82) is 0 Å². The lowest BCUT2D eigenvalue weighted by Gasteiger charge is -2.14. The molecule has 0 saturated carbocycles. The van der Waals surface area contributed by atoms with E-state index in [-0.39, 0.29) is 0 Å². The topological polar surface area (TPSA) is 18.5 Å². The van der Waals surface area contributed by atoms with Crippen LogP contribution in [0.1, 0.15) is 0 Å². The third-order valence-electron chi connectivity index (χ3n) is 3.25. The fraction of sp³-hybridized carbons (Fsp3) is 0.125. The number of hydrogen-bond donors (Lipinski definition) is 0. The van der Waals surface area contributed by atoms with Crippen molar-refractivity contribution in [2.24, 2.45) is 0 Å². The van der Waals surface area contributed by atoms with E-state index in [2.05, 4.69) is 42.6 Å². The molecule has 22 heavy (non-hydrogen) atoms. The summed E-state index contributed by atoms with van der Waals surface area (Å²) in [5.74, 6) is 1.67. The van der Waals surface area contributed by atoms with Crippen molar-refractivity contribution in [1.82, 2.24) is 0 Å². The summed E-state index contributed by atoms with van der Waals surface area (Å²) in [6.45, 7) is 0. The quantitative estimate of drug-likeness (QED) is 0.432. The highest BCUT2D eigenvalue weighted by atomic mass is 79.9. The average molecular weight is 460 g/mol. The zero-order valence-electron chi connectivity index (χ0n) is 11.9. The Bertz CT molecular complexity index is 740. The zero-order chi connectivity index (χ0) is 15.7. The summed E-state index contributed by atoms with van der Waals surface area (Å²) in [5.41, 5.74) is 2.05. The van der Waals surface area contributed by atoms with Gasteiger partial charge in [0, 0.05) is 20.1 Å². The van der Waals surface area contributed by atoms with Gasteiger partial charge in [-0.1, -0.05) is 0 Å². The standard InChI is InChI=1S/C16H12Br2O2S2/c1-19-13-7-10(16-12(18)4-6-22-16)14(20-2)8-9(13)15-11(17)3-5-21-15/h3-8H,1-2H3. The van der Waals surface area contributed by atoms with Gasteiger partial charge in [0.2, 0.25) is 0 Å². The van der Waals surface area contributed by atoms with Crippen molar-refractivity contribution in [2.75, 3.05) is 14.2 Å². The first kappa shape index (κ1) is 16.1. The van der Waals surface area contributed by atoms with Crippen molar-refractivity contribution in [3.63, 3.8) is 0 Å². The van der Waals surface area contributed by atoms with Gasteiger partial charge in [-0.3, -0.25) is 0 Å². The minimum atomic E-state index is 0.833. The second kappa shape index (κ2) is 6.74. The van der Waals surface area contributed by atoms with Crippen LogP contribution < -0.4 is 9.47 Å². The predicted molar refractivity (Wildman–Crippen MR) is 102 cm³/mol. The second-order valence-electron chi connectivity index (χ2n) is 4.45. The van der Waals surface area contributed by atoms with Gasteiger partial charge in [-0.2, -0.15) is 0 Å². The molecule has 2 nitrogen and oxygen atoms in total. The lowest BCUT2D eigenvalue weighted by Crippen LogP contribution is -1.93. The number of thiophene rings is 2. The Morgan fingerprint density at radius 2 is 1.18 bits per heavy atom. The van der Waals surface area contributed by atoms with Crippen LogP contribution in [0.4, 0.5) is 0 Å². The molecule has 3 aromatic rings. The van der Waals surface area contributed by atoms with E-state index < -0.39 is 0 Å². The molecule has 0 atom stereocenters. The van der Waals surface area contributed by atoms with Crippen LogP contribution in [0.3, 0.4) is 0 Å². The Balaban J connectivity index is 2.23. The molecule has 0 N–H and O–H groups in total. The minimum Gasteiger partial charge on any atom is -0.496 e. The molecule has 0 radical (unpaired) electrons. The number of hydrogen-bond acceptors (Lipinski definition) is 4. The molecule has 0 amide bonds. The molecule has 2 heterocycles. The number of rotatable bonds is 4. The van der Waals surface area contributed by atoms with Gasteiger partial charge >= 0.3 is 0 Å². The van der Waals surface area contributed by atoms with Gasteiger partial charge in [0.25, 0.3) is 0 Å². The summed E-state index contributed by atoms with van der Waals surface area (Å²) in [5, 5.41) is 4.10. The van der Waals surface area contributed by atoms with E-state index in [4.69, 9.17) is 9.47 Å². The molecule has 2 aromatic heterocycles. The molecule has 6 heteroatoms. The molecule has 1 aromatic carbocycles.